The van der Waals surface area contributed by atoms with E-state index in [-0.39, 0.29) is 0 Å². The summed E-state index contributed by atoms with van der Waals surface area (Å²) in [6, 6.07) is 0. The molecule has 1 N–H and O–H groups in total. The van der Waals surface area contributed by atoms with Gasteiger partial charge in [-0.3, -0.25) is 9.67 Å². The van der Waals surface area contributed by atoms with Gasteiger partial charge in [0.2, 0.25) is 0 Å². The lowest BCUT2D eigenvalue weighted by Crippen LogP contribution is -2.38. The van der Waals surface area contributed by atoms with E-state index in [0.29, 0.717) is 0 Å². The SMILES string of the molecule is CCNC(=NCCCCCN1CCCCC1)N(C)Cc1cnn(C)c1. The number of hydrogen-bond acceptors (Lipinski definition) is 3. The summed E-state index contributed by atoms with van der Waals surface area (Å²) in [6.45, 7) is 8.62. The second-order valence-corrected chi connectivity index (χ2v) is 7.08. The van der Waals surface area contributed by atoms with E-state index < -0.39 is 0 Å². The van der Waals surface area contributed by atoms with Crippen LogP contribution in [0.2, 0.25) is 0 Å². The fourth-order valence-corrected chi connectivity index (χ4v) is 3.36. The molecule has 0 bridgehead atoms. The van der Waals surface area contributed by atoms with E-state index in [9.17, 15) is 0 Å². The van der Waals surface area contributed by atoms with Gasteiger partial charge in [-0.1, -0.05) is 12.8 Å². The summed E-state index contributed by atoms with van der Waals surface area (Å²) in [4.78, 5) is 9.59. The van der Waals surface area contributed by atoms with Crippen molar-refractivity contribution in [1.29, 1.82) is 0 Å². The van der Waals surface area contributed by atoms with Gasteiger partial charge < -0.3 is 15.1 Å². The fourth-order valence-electron chi connectivity index (χ4n) is 3.36. The van der Waals surface area contributed by atoms with Gasteiger partial charge in [0.1, 0.15) is 0 Å². The standard InChI is InChI=1S/C19H36N6/c1-4-20-19(23(2)16-18-15-22-24(3)17-18)21-11-7-5-8-12-25-13-9-6-10-14-25/h15,17H,4-14,16H2,1-3H3,(H,20,21). The second-order valence-electron chi connectivity index (χ2n) is 7.08. The Balaban J connectivity index is 1.67. The first kappa shape index (κ1) is 19.8. The van der Waals surface area contributed by atoms with Crippen molar-refractivity contribution in [3.05, 3.63) is 18.0 Å². The van der Waals surface area contributed by atoms with Gasteiger partial charge in [-0.2, -0.15) is 5.10 Å². The number of aliphatic imine (C=N–C) groups is 1. The average molecular weight is 349 g/mol. The molecule has 6 nitrogen and oxygen atoms in total. The maximum Gasteiger partial charge on any atom is 0.193 e. The topological polar surface area (TPSA) is 48.7 Å². The van der Waals surface area contributed by atoms with Crippen molar-refractivity contribution < 1.29 is 0 Å². The van der Waals surface area contributed by atoms with Crippen LogP contribution in [0.15, 0.2) is 17.4 Å². The molecule has 1 aromatic heterocycles. The summed E-state index contributed by atoms with van der Waals surface area (Å²) >= 11 is 0. The number of nitrogens with one attached hydrogen (secondary N) is 1. The zero-order valence-corrected chi connectivity index (χ0v) is 16.4. The largest absolute Gasteiger partial charge is 0.357 e. The lowest BCUT2D eigenvalue weighted by Gasteiger charge is -2.26. The van der Waals surface area contributed by atoms with Crippen LogP contribution in [-0.2, 0) is 13.6 Å². The van der Waals surface area contributed by atoms with Gasteiger partial charge >= 0.3 is 0 Å². The average Bonchev–Trinajstić information content (AvgIpc) is 3.02. The molecule has 0 radical (unpaired) electrons. The predicted octanol–water partition coefficient (Wildman–Crippen LogP) is 2.47. The highest BCUT2D eigenvalue weighted by molar-refractivity contribution is 5.79. The lowest BCUT2D eigenvalue weighted by atomic mass is 10.1. The van der Waals surface area contributed by atoms with E-state index in [4.69, 9.17) is 4.99 Å². The molecule has 0 unspecified atom stereocenters. The van der Waals surface area contributed by atoms with Gasteiger partial charge in [-0.25, -0.2) is 0 Å². The van der Waals surface area contributed by atoms with Crippen molar-refractivity contribution in [2.24, 2.45) is 12.0 Å². The third-order valence-corrected chi connectivity index (χ3v) is 4.72. The van der Waals surface area contributed by atoms with E-state index in [1.54, 1.807) is 0 Å². The molecule has 0 atom stereocenters. The minimum atomic E-state index is 0.828. The van der Waals surface area contributed by atoms with Gasteiger partial charge in [0.25, 0.3) is 0 Å². The van der Waals surface area contributed by atoms with E-state index in [0.717, 1.165) is 25.6 Å². The first-order valence-electron chi connectivity index (χ1n) is 9.88. The molecule has 2 rings (SSSR count). The van der Waals surface area contributed by atoms with Crippen LogP contribution in [0.3, 0.4) is 0 Å². The molecule has 0 spiro atoms. The molecule has 1 saturated heterocycles. The Morgan fingerprint density at radius 1 is 1.24 bits per heavy atom. The van der Waals surface area contributed by atoms with Crippen LogP contribution >= 0.6 is 0 Å². The van der Waals surface area contributed by atoms with Crippen LogP contribution in [0.1, 0.15) is 51.0 Å². The third kappa shape index (κ3) is 7.46. The van der Waals surface area contributed by atoms with Gasteiger partial charge in [0.15, 0.2) is 5.96 Å². The van der Waals surface area contributed by atoms with Crippen LogP contribution in [0.5, 0.6) is 0 Å². The summed E-state index contributed by atoms with van der Waals surface area (Å²) in [6.07, 6.45) is 11.9. The minimum absolute atomic E-state index is 0.828. The van der Waals surface area contributed by atoms with Crippen LogP contribution in [0.4, 0.5) is 0 Å². The number of hydrogen-bond donors (Lipinski definition) is 1. The lowest BCUT2D eigenvalue weighted by molar-refractivity contribution is 0.224. The zero-order chi connectivity index (χ0) is 17.9. The van der Waals surface area contributed by atoms with Crippen molar-refractivity contribution in [3.8, 4) is 0 Å². The fraction of sp³-hybridized carbons (Fsp3) is 0.789. The number of unbranched alkanes of at least 4 members (excludes halogenated alkanes) is 2. The highest BCUT2D eigenvalue weighted by Gasteiger charge is 2.09. The summed E-state index contributed by atoms with van der Waals surface area (Å²) in [5, 5.41) is 7.63. The predicted molar refractivity (Wildman–Crippen MR) is 105 cm³/mol. The molecular weight excluding hydrogens is 312 g/mol. The number of likely N-dealkylation sites (tertiary alicyclic amines) is 1. The van der Waals surface area contributed by atoms with Gasteiger partial charge in [-0.05, 0) is 52.2 Å². The number of guanidine groups is 1. The Labute approximate surface area is 153 Å². The van der Waals surface area contributed by atoms with E-state index in [1.165, 1.54) is 63.7 Å². The molecule has 6 heteroatoms. The first-order chi connectivity index (χ1) is 12.2. The monoisotopic (exact) mass is 348 g/mol. The van der Waals surface area contributed by atoms with Crippen LogP contribution in [0, 0.1) is 0 Å². The van der Waals surface area contributed by atoms with Crippen LogP contribution in [0.25, 0.3) is 0 Å². The number of piperidine rings is 1. The number of nitrogens with zero attached hydrogens (tertiary/aromatic N) is 5. The first-order valence-corrected chi connectivity index (χ1v) is 9.88. The van der Waals surface area contributed by atoms with Gasteiger partial charge in [0, 0.05) is 45.5 Å². The van der Waals surface area contributed by atoms with E-state index in [2.05, 4.69) is 40.4 Å². The van der Waals surface area contributed by atoms with E-state index in [1.807, 2.05) is 17.9 Å². The number of aromatic nitrogens is 2. The zero-order valence-electron chi connectivity index (χ0n) is 16.4. The van der Waals surface area contributed by atoms with Crippen LogP contribution < -0.4 is 5.32 Å². The highest BCUT2D eigenvalue weighted by Crippen LogP contribution is 2.10. The molecule has 0 saturated carbocycles. The Morgan fingerprint density at radius 2 is 2.04 bits per heavy atom. The van der Waals surface area contributed by atoms with Crippen LogP contribution in [-0.4, -0.2) is 65.3 Å². The molecule has 0 aliphatic carbocycles. The smallest absolute Gasteiger partial charge is 0.193 e. The van der Waals surface area contributed by atoms with Gasteiger partial charge in [0.05, 0.1) is 6.20 Å². The van der Waals surface area contributed by atoms with Crippen molar-refractivity contribution in [3.63, 3.8) is 0 Å². The molecule has 1 fully saturated rings. The quantitative estimate of drug-likeness (QED) is 0.423. The molecule has 142 valence electrons. The highest BCUT2D eigenvalue weighted by atomic mass is 15.3. The number of rotatable bonds is 9. The molecule has 2 heterocycles. The molecule has 1 aliphatic rings. The van der Waals surface area contributed by atoms with Crippen molar-refractivity contribution >= 4 is 5.96 Å². The van der Waals surface area contributed by atoms with Crippen molar-refractivity contribution in [1.82, 2.24) is 24.9 Å². The summed E-state index contributed by atoms with van der Waals surface area (Å²) in [5.41, 5.74) is 1.21. The third-order valence-electron chi connectivity index (χ3n) is 4.72. The van der Waals surface area contributed by atoms with Crippen molar-refractivity contribution in [2.75, 3.05) is 39.8 Å². The summed E-state index contributed by atoms with van der Waals surface area (Å²) in [7, 11) is 4.04. The normalized spacial score (nSPS) is 16.2. The Hall–Kier alpha value is -1.56. The summed E-state index contributed by atoms with van der Waals surface area (Å²) < 4.78 is 1.84. The molecule has 1 aliphatic heterocycles. The Bertz CT molecular complexity index is 504. The van der Waals surface area contributed by atoms with E-state index >= 15 is 0 Å². The Morgan fingerprint density at radius 3 is 2.72 bits per heavy atom. The molecule has 1 aromatic rings. The van der Waals surface area contributed by atoms with Crippen molar-refractivity contribution in [2.45, 2.75) is 52.0 Å². The maximum absolute atomic E-state index is 4.79. The maximum atomic E-state index is 4.79. The Kier molecular flexibility index (Phi) is 8.80. The molecule has 25 heavy (non-hydrogen) atoms. The second kappa shape index (κ2) is 11.1. The summed E-state index contributed by atoms with van der Waals surface area (Å²) in [5.74, 6) is 0.988. The number of aryl methyl sites for hydroxylation is 1. The van der Waals surface area contributed by atoms with Gasteiger partial charge in [-0.15, -0.1) is 0 Å². The molecule has 0 aromatic carbocycles. The molecular formula is C19H36N6. The minimum Gasteiger partial charge on any atom is -0.357 e. The molecule has 0 amide bonds.